The van der Waals surface area contributed by atoms with E-state index in [1.54, 1.807) is 26.2 Å². The maximum absolute atomic E-state index is 12.2. The second-order valence-corrected chi connectivity index (χ2v) is 4.99. The van der Waals surface area contributed by atoms with E-state index in [1.807, 2.05) is 13.0 Å². The van der Waals surface area contributed by atoms with Crippen LogP contribution in [-0.2, 0) is 11.2 Å². The van der Waals surface area contributed by atoms with Gasteiger partial charge in [-0.2, -0.15) is 4.98 Å². The highest BCUT2D eigenvalue weighted by molar-refractivity contribution is 5.67. The van der Waals surface area contributed by atoms with Crippen molar-refractivity contribution in [1.82, 2.24) is 14.5 Å². The first kappa shape index (κ1) is 14.9. The average molecular weight is 287 g/mol. The molecule has 2 aromatic rings. The molecule has 0 amide bonds. The lowest BCUT2D eigenvalue weighted by molar-refractivity contribution is -0.136. The van der Waals surface area contributed by atoms with Gasteiger partial charge in [-0.15, -0.1) is 0 Å². The topological polar surface area (TPSA) is 85.1 Å². The molecular formula is C15H17N3O3. The van der Waals surface area contributed by atoms with Crippen molar-refractivity contribution in [1.29, 1.82) is 0 Å². The molecule has 0 aromatic carbocycles. The molecule has 2 aromatic heterocycles. The molecular weight excluding hydrogens is 270 g/mol. The summed E-state index contributed by atoms with van der Waals surface area (Å²) in [6.45, 7) is 5.42. The fourth-order valence-corrected chi connectivity index (χ4v) is 2.36. The summed E-state index contributed by atoms with van der Waals surface area (Å²) in [5.74, 6) is -0.872. The van der Waals surface area contributed by atoms with E-state index < -0.39 is 5.97 Å². The van der Waals surface area contributed by atoms with Gasteiger partial charge >= 0.3 is 11.7 Å². The standard InChI is InChI=1S/C15H17N3O3/c1-9-6-12(8-16-7-9)18-11(3)13(4-5-14(19)20)10(2)17-15(18)21/h6-8H,4-5H2,1-3H3,(H,19,20). The number of hydrogen-bond donors (Lipinski definition) is 1. The SMILES string of the molecule is Cc1cncc(-n2c(C)c(CCC(=O)O)c(C)nc2=O)c1. The van der Waals surface area contributed by atoms with Crippen LogP contribution in [0.5, 0.6) is 0 Å². The lowest BCUT2D eigenvalue weighted by Gasteiger charge is -2.15. The van der Waals surface area contributed by atoms with Crippen molar-refractivity contribution >= 4 is 5.97 Å². The quantitative estimate of drug-likeness (QED) is 0.922. The van der Waals surface area contributed by atoms with Crippen molar-refractivity contribution in [2.75, 3.05) is 0 Å². The van der Waals surface area contributed by atoms with Gasteiger partial charge in [0.1, 0.15) is 0 Å². The maximum Gasteiger partial charge on any atom is 0.352 e. The zero-order chi connectivity index (χ0) is 15.6. The van der Waals surface area contributed by atoms with Crippen LogP contribution in [0.25, 0.3) is 5.69 Å². The third-order valence-electron chi connectivity index (χ3n) is 3.37. The van der Waals surface area contributed by atoms with Crippen LogP contribution in [0, 0.1) is 20.8 Å². The summed E-state index contributed by atoms with van der Waals surface area (Å²) >= 11 is 0. The van der Waals surface area contributed by atoms with Gasteiger partial charge in [0.05, 0.1) is 11.9 Å². The predicted octanol–water partition coefficient (Wildman–Crippen LogP) is 1.57. The van der Waals surface area contributed by atoms with Crippen molar-refractivity contribution in [2.45, 2.75) is 33.6 Å². The summed E-state index contributed by atoms with van der Waals surface area (Å²) in [6, 6.07) is 1.85. The van der Waals surface area contributed by atoms with Gasteiger partial charge in [0.15, 0.2) is 0 Å². The zero-order valence-electron chi connectivity index (χ0n) is 12.3. The summed E-state index contributed by atoms with van der Waals surface area (Å²) in [5, 5.41) is 8.83. The molecule has 2 rings (SSSR count). The first-order valence-corrected chi connectivity index (χ1v) is 6.63. The first-order valence-electron chi connectivity index (χ1n) is 6.63. The summed E-state index contributed by atoms with van der Waals surface area (Å²) in [7, 11) is 0. The molecule has 0 fully saturated rings. The second-order valence-electron chi connectivity index (χ2n) is 4.99. The zero-order valence-corrected chi connectivity index (χ0v) is 12.3. The Morgan fingerprint density at radius 3 is 2.62 bits per heavy atom. The van der Waals surface area contributed by atoms with Crippen LogP contribution in [0.3, 0.4) is 0 Å². The number of nitrogens with zero attached hydrogens (tertiary/aromatic N) is 3. The van der Waals surface area contributed by atoms with Crippen LogP contribution in [-0.4, -0.2) is 25.6 Å². The van der Waals surface area contributed by atoms with Gasteiger partial charge in [0.2, 0.25) is 0 Å². The van der Waals surface area contributed by atoms with Gasteiger partial charge in [-0.25, -0.2) is 4.79 Å². The predicted molar refractivity (Wildman–Crippen MR) is 77.8 cm³/mol. The average Bonchev–Trinajstić information content (AvgIpc) is 2.37. The molecule has 0 atom stereocenters. The van der Waals surface area contributed by atoms with Crippen LogP contribution in [0.2, 0.25) is 0 Å². The Balaban J connectivity index is 2.59. The van der Waals surface area contributed by atoms with Gasteiger partial charge in [0, 0.05) is 24.0 Å². The Hall–Kier alpha value is -2.50. The maximum atomic E-state index is 12.2. The molecule has 0 unspecified atom stereocenters. The Labute approximate surface area is 122 Å². The number of pyridine rings is 1. The van der Waals surface area contributed by atoms with Crippen molar-refractivity contribution in [3.63, 3.8) is 0 Å². The van der Waals surface area contributed by atoms with E-state index in [2.05, 4.69) is 9.97 Å². The summed E-state index contributed by atoms with van der Waals surface area (Å²) < 4.78 is 1.48. The number of carbonyl (C=O) groups is 1. The van der Waals surface area contributed by atoms with Crippen molar-refractivity contribution < 1.29 is 9.90 Å². The smallest absolute Gasteiger partial charge is 0.352 e. The molecule has 21 heavy (non-hydrogen) atoms. The minimum absolute atomic E-state index is 0.00757. The van der Waals surface area contributed by atoms with Gasteiger partial charge in [-0.1, -0.05) is 0 Å². The third kappa shape index (κ3) is 3.16. The van der Waals surface area contributed by atoms with Crippen molar-refractivity contribution in [3.05, 3.63) is 51.5 Å². The third-order valence-corrected chi connectivity index (χ3v) is 3.37. The van der Waals surface area contributed by atoms with Crippen molar-refractivity contribution in [3.8, 4) is 5.69 Å². The summed E-state index contributed by atoms with van der Waals surface area (Å²) in [4.78, 5) is 31.0. The molecule has 0 aliphatic rings. The molecule has 2 heterocycles. The van der Waals surface area contributed by atoms with Gasteiger partial charge in [0.25, 0.3) is 0 Å². The normalized spacial score (nSPS) is 10.6. The van der Waals surface area contributed by atoms with Crippen LogP contribution in [0.4, 0.5) is 0 Å². The van der Waals surface area contributed by atoms with Gasteiger partial charge in [-0.05, 0) is 44.4 Å². The Kier molecular flexibility index (Phi) is 4.16. The summed E-state index contributed by atoms with van der Waals surface area (Å²) in [6.07, 6.45) is 3.66. The Bertz CT molecular complexity index is 750. The number of carboxylic acids is 1. The monoisotopic (exact) mass is 287 g/mol. The van der Waals surface area contributed by atoms with Crippen LogP contribution in [0.15, 0.2) is 23.3 Å². The molecule has 110 valence electrons. The van der Waals surface area contributed by atoms with E-state index in [9.17, 15) is 9.59 Å². The lowest BCUT2D eigenvalue weighted by Crippen LogP contribution is -2.26. The van der Waals surface area contributed by atoms with E-state index in [0.717, 1.165) is 11.1 Å². The number of rotatable bonds is 4. The number of carboxylic acid groups (broad SMARTS) is 1. The molecule has 6 heteroatoms. The molecule has 0 aliphatic heterocycles. The Morgan fingerprint density at radius 1 is 1.29 bits per heavy atom. The Morgan fingerprint density at radius 2 is 2.00 bits per heavy atom. The second kappa shape index (κ2) is 5.87. The molecule has 0 radical (unpaired) electrons. The van der Waals surface area contributed by atoms with E-state index in [1.165, 1.54) is 4.57 Å². The molecule has 0 saturated heterocycles. The fourth-order valence-electron chi connectivity index (χ4n) is 2.36. The van der Waals surface area contributed by atoms with Crippen LogP contribution >= 0.6 is 0 Å². The van der Waals surface area contributed by atoms with Crippen LogP contribution in [0.1, 0.15) is 28.9 Å². The number of hydrogen-bond acceptors (Lipinski definition) is 4. The number of aromatic nitrogens is 3. The minimum Gasteiger partial charge on any atom is -0.481 e. The van der Waals surface area contributed by atoms with E-state index in [0.29, 0.717) is 23.5 Å². The molecule has 0 aliphatic carbocycles. The largest absolute Gasteiger partial charge is 0.481 e. The van der Waals surface area contributed by atoms with E-state index in [-0.39, 0.29) is 12.1 Å². The van der Waals surface area contributed by atoms with E-state index in [4.69, 9.17) is 5.11 Å². The molecule has 0 saturated carbocycles. The molecule has 1 N–H and O–H groups in total. The highest BCUT2D eigenvalue weighted by Crippen LogP contribution is 2.16. The van der Waals surface area contributed by atoms with Gasteiger partial charge in [-0.3, -0.25) is 14.3 Å². The highest BCUT2D eigenvalue weighted by atomic mass is 16.4. The van der Waals surface area contributed by atoms with Gasteiger partial charge < -0.3 is 5.11 Å². The highest BCUT2D eigenvalue weighted by Gasteiger charge is 2.14. The molecule has 0 bridgehead atoms. The van der Waals surface area contributed by atoms with Crippen LogP contribution < -0.4 is 5.69 Å². The summed E-state index contributed by atoms with van der Waals surface area (Å²) in [5.41, 5.74) is 3.28. The number of aliphatic carboxylic acids is 1. The molecule has 0 spiro atoms. The number of aryl methyl sites for hydroxylation is 2. The molecule has 6 nitrogen and oxygen atoms in total. The lowest BCUT2D eigenvalue weighted by atomic mass is 10.1. The minimum atomic E-state index is -0.872. The van der Waals surface area contributed by atoms with Crippen molar-refractivity contribution in [2.24, 2.45) is 0 Å². The van der Waals surface area contributed by atoms with E-state index >= 15 is 0 Å². The fraction of sp³-hybridized carbons (Fsp3) is 0.333. The first-order chi connectivity index (χ1) is 9.90.